The summed E-state index contributed by atoms with van der Waals surface area (Å²) in [5.41, 5.74) is 14.9. The monoisotopic (exact) mass is 711 g/mol. The number of rotatable bonds is 16. The lowest BCUT2D eigenvalue weighted by Crippen LogP contribution is -2.37. The van der Waals surface area contributed by atoms with Crippen molar-refractivity contribution in [3.63, 3.8) is 0 Å². The van der Waals surface area contributed by atoms with Crippen molar-refractivity contribution in [2.24, 2.45) is 11.5 Å². The van der Waals surface area contributed by atoms with Crippen molar-refractivity contribution in [3.8, 4) is 5.75 Å². The van der Waals surface area contributed by atoms with E-state index in [9.17, 15) is 19.2 Å². The van der Waals surface area contributed by atoms with E-state index in [2.05, 4.69) is 25.6 Å². The Morgan fingerprint density at radius 1 is 0.942 bits per heavy atom. The minimum Gasteiger partial charge on any atom is -0.491 e. The number of nitrogens with zero attached hydrogens (tertiary/aromatic N) is 7. The summed E-state index contributed by atoms with van der Waals surface area (Å²) in [5, 5.41) is 9.94. The van der Waals surface area contributed by atoms with Gasteiger partial charge in [0.1, 0.15) is 17.0 Å². The molecule has 272 valence electrons. The van der Waals surface area contributed by atoms with Crippen LogP contribution in [0.2, 0.25) is 0 Å². The molecule has 0 saturated carbocycles. The standard InChI is InChI=1S/C35H41N11O6/c1-3-46-28(17-22(2)42-46)33(50)41-35-40-26-19-24(32(37)49)20-29(52-14-6-9-43-12-15-51-16-13-43)30(26)45(35)11-5-4-10-44-27-8-7-23(31(36)48)18-25(27)39-34(44)38-21-47/h4-5,7-8,17-21H,3,6,9-16H2,1-2H3,(H2,36,48)(H2,37,49)(H,38,39,47)(H,40,41,50)/b5-4+. The van der Waals surface area contributed by atoms with Crippen molar-refractivity contribution in [1.29, 1.82) is 0 Å². The number of imidazole rings is 2. The highest BCUT2D eigenvalue weighted by molar-refractivity contribution is 6.04. The predicted octanol–water partition coefficient (Wildman–Crippen LogP) is 2.29. The molecule has 6 rings (SSSR count). The molecule has 3 aromatic heterocycles. The van der Waals surface area contributed by atoms with Crippen LogP contribution in [0.15, 0.2) is 48.6 Å². The zero-order valence-electron chi connectivity index (χ0n) is 29.0. The van der Waals surface area contributed by atoms with Gasteiger partial charge in [-0.1, -0.05) is 12.2 Å². The number of hydrogen-bond acceptors (Lipinski definition) is 10. The number of carbonyl (C=O) groups excluding carboxylic acids is 4. The van der Waals surface area contributed by atoms with E-state index >= 15 is 0 Å². The number of anilines is 2. The summed E-state index contributed by atoms with van der Waals surface area (Å²) in [6.45, 7) is 9.03. The molecule has 4 amide bonds. The van der Waals surface area contributed by atoms with E-state index in [-0.39, 0.29) is 24.0 Å². The first-order valence-electron chi connectivity index (χ1n) is 16.9. The second-order valence-corrected chi connectivity index (χ2v) is 12.2. The van der Waals surface area contributed by atoms with E-state index in [1.807, 2.05) is 26.0 Å². The fourth-order valence-electron chi connectivity index (χ4n) is 6.18. The number of morpholine rings is 1. The second-order valence-electron chi connectivity index (χ2n) is 12.2. The maximum absolute atomic E-state index is 13.6. The fraction of sp³-hybridized carbons (Fsp3) is 0.343. The number of allylic oxidation sites excluding steroid dienone is 2. The normalized spacial score (nSPS) is 13.6. The van der Waals surface area contributed by atoms with Gasteiger partial charge in [0.05, 0.1) is 42.1 Å². The fourth-order valence-corrected chi connectivity index (χ4v) is 6.18. The van der Waals surface area contributed by atoms with Crippen molar-refractivity contribution in [2.75, 3.05) is 50.1 Å². The lowest BCUT2D eigenvalue weighted by molar-refractivity contribution is -0.105. The summed E-state index contributed by atoms with van der Waals surface area (Å²) in [6, 6.07) is 9.74. The van der Waals surface area contributed by atoms with Crippen molar-refractivity contribution in [3.05, 3.63) is 71.1 Å². The summed E-state index contributed by atoms with van der Waals surface area (Å²) in [6.07, 6.45) is 5.00. The summed E-state index contributed by atoms with van der Waals surface area (Å²) in [5.74, 6) is -0.733. The first-order valence-corrected chi connectivity index (χ1v) is 16.9. The number of ether oxygens (including phenoxy) is 2. The van der Waals surface area contributed by atoms with Crippen LogP contribution in [0.4, 0.5) is 11.9 Å². The number of carbonyl (C=O) groups is 4. The summed E-state index contributed by atoms with van der Waals surface area (Å²) in [7, 11) is 0. The number of fused-ring (bicyclic) bond motifs is 2. The number of nitrogens with one attached hydrogen (secondary N) is 2. The maximum Gasteiger partial charge on any atom is 0.276 e. The molecular weight excluding hydrogens is 670 g/mol. The third-order valence-electron chi connectivity index (χ3n) is 8.69. The predicted molar refractivity (Wildman–Crippen MR) is 193 cm³/mol. The van der Waals surface area contributed by atoms with E-state index in [0.717, 1.165) is 26.1 Å². The van der Waals surface area contributed by atoms with Crippen molar-refractivity contribution in [2.45, 2.75) is 39.9 Å². The Bertz CT molecular complexity index is 2160. The first kappa shape index (κ1) is 35.7. The molecule has 1 fully saturated rings. The van der Waals surface area contributed by atoms with Crippen LogP contribution in [0.5, 0.6) is 5.75 Å². The number of nitrogens with two attached hydrogens (primary N) is 2. The average Bonchev–Trinajstić information content (AvgIpc) is 3.80. The zero-order chi connectivity index (χ0) is 36.8. The molecule has 17 heteroatoms. The highest BCUT2D eigenvalue weighted by Gasteiger charge is 2.22. The Balaban J connectivity index is 1.33. The Morgan fingerprint density at radius 3 is 2.37 bits per heavy atom. The van der Waals surface area contributed by atoms with Crippen LogP contribution in [0, 0.1) is 6.92 Å². The zero-order valence-corrected chi connectivity index (χ0v) is 29.0. The molecule has 0 radical (unpaired) electrons. The number of aryl methyl sites for hydroxylation is 2. The number of primary amides is 2. The number of amides is 4. The third kappa shape index (κ3) is 7.79. The molecular formula is C35H41N11O6. The van der Waals surface area contributed by atoms with Crippen LogP contribution in [0.3, 0.4) is 0 Å². The topological polar surface area (TPSA) is 220 Å². The Morgan fingerprint density at radius 2 is 1.65 bits per heavy atom. The summed E-state index contributed by atoms with van der Waals surface area (Å²) < 4.78 is 16.9. The first-order chi connectivity index (χ1) is 25.2. The molecule has 0 unspecified atom stereocenters. The minimum absolute atomic E-state index is 0.218. The van der Waals surface area contributed by atoms with Crippen LogP contribution in [0.25, 0.3) is 22.1 Å². The smallest absolute Gasteiger partial charge is 0.276 e. The van der Waals surface area contributed by atoms with Gasteiger partial charge in [0.2, 0.25) is 30.1 Å². The molecule has 2 aromatic carbocycles. The molecule has 52 heavy (non-hydrogen) atoms. The number of aromatic nitrogens is 6. The molecule has 0 bridgehead atoms. The van der Waals surface area contributed by atoms with E-state index < -0.39 is 17.7 Å². The molecule has 5 aromatic rings. The van der Waals surface area contributed by atoms with Crippen LogP contribution in [-0.4, -0.2) is 97.4 Å². The number of hydrogen-bond donors (Lipinski definition) is 4. The van der Waals surface area contributed by atoms with Crippen LogP contribution >= 0.6 is 0 Å². The van der Waals surface area contributed by atoms with Crippen LogP contribution < -0.4 is 26.8 Å². The Hall–Kier alpha value is -6.07. The van der Waals surface area contributed by atoms with Crippen LogP contribution in [-0.2, 0) is 29.2 Å². The molecule has 1 aliphatic rings. The average molecular weight is 712 g/mol. The van der Waals surface area contributed by atoms with Crippen LogP contribution in [0.1, 0.15) is 50.2 Å². The molecule has 4 heterocycles. The van der Waals surface area contributed by atoms with Gasteiger partial charge >= 0.3 is 0 Å². The SMILES string of the molecule is CCn1nc(C)cc1C(=O)Nc1nc2cc(C(N)=O)cc(OCCCN3CCOCC3)c2n1C/C=C/Cn1c(NC=O)nc2cc(C(N)=O)ccc21. The third-order valence-corrected chi connectivity index (χ3v) is 8.69. The Labute approximate surface area is 298 Å². The van der Waals surface area contributed by atoms with Gasteiger partial charge in [0.25, 0.3) is 5.91 Å². The van der Waals surface area contributed by atoms with E-state index in [4.69, 9.17) is 25.9 Å². The molecule has 6 N–H and O–H groups in total. The largest absolute Gasteiger partial charge is 0.491 e. The van der Waals surface area contributed by atoms with E-state index in [0.29, 0.717) is 84.1 Å². The van der Waals surface area contributed by atoms with Crippen molar-refractivity contribution >= 4 is 58.1 Å². The van der Waals surface area contributed by atoms with Gasteiger partial charge in [-0.05, 0) is 56.7 Å². The molecule has 0 atom stereocenters. The summed E-state index contributed by atoms with van der Waals surface area (Å²) in [4.78, 5) is 60.6. The van der Waals surface area contributed by atoms with Gasteiger partial charge in [0.15, 0.2) is 0 Å². The van der Waals surface area contributed by atoms with E-state index in [1.165, 1.54) is 0 Å². The second kappa shape index (κ2) is 15.9. The van der Waals surface area contributed by atoms with Gasteiger partial charge in [-0.3, -0.25) is 39.4 Å². The van der Waals surface area contributed by atoms with Gasteiger partial charge in [0, 0.05) is 50.4 Å². The molecule has 0 aliphatic carbocycles. The molecule has 17 nitrogen and oxygen atoms in total. The van der Waals surface area contributed by atoms with Gasteiger partial charge < -0.3 is 30.1 Å². The lowest BCUT2D eigenvalue weighted by Gasteiger charge is -2.26. The quantitative estimate of drug-likeness (QED) is 0.0665. The lowest BCUT2D eigenvalue weighted by atomic mass is 10.1. The molecule has 0 spiro atoms. The number of benzene rings is 2. The van der Waals surface area contributed by atoms with Crippen molar-refractivity contribution < 1.29 is 28.7 Å². The van der Waals surface area contributed by atoms with Gasteiger partial charge in [-0.2, -0.15) is 5.10 Å². The molecule has 1 aliphatic heterocycles. The molecule has 1 saturated heterocycles. The Kier molecular flexibility index (Phi) is 10.9. The summed E-state index contributed by atoms with van der Waals surface area (Å²) >= 11 is 0. The highest BCUT2D eigenvalue weighted by Crippen LogP contribution is 2.32. The van der Waals surface area contributed by atoms with Crippen molar-refractivity contribution in [1.82, 2.24) is 33.8 Å². The van der Waals surface area contributed by atoms with Gasteiger partial charge in [-0.25, -0.2) is 9.97 Å². The minimum atomic E-state index is -0.641. The van der Waals surface area contributed by atoms with E-state index in [1.54, 1.807) is 50.2 Å². The van der Waals surface area contributed by atoms with Gasteiger partial charge in [-0.15, -0.1) is 0 Å². The highest BCUT2D eigenvalue weighted by atomic mass is 16.5. The maximum atomic E-state index is 13.6.